The van der Waals surface area contributed by atoms with Gasteiger partial charge in [-0.3, -0.25) is 14.6 Å². The molecule has 1 saturated heterocycles. The summed E-state index contributed by atoms with van der Waals surface area (Å²) >= 11 is 11.9. The number of nitrogens with zero attached hydrogens (tertiary/aromatic N) is 2. The highest BCUT2D eigenvalue weighted by Crippen LogP contribution is 2.27. The molecule has 0 bridgehead atoms. The van der Waals surface area contributed by atoms with Crippen LogP contribution in [0.5, 0.6) is 0 Å². The van der Waals surface area contributed by atoms with E-state index in [-0.39, 0.29) is 11.8 Å². The van der Waals surface area contributed by atoms with Crippen molar-refractivity contribution in [3.05, 3.63) is 58.3 Å². The van der Waals surface area contributed by atoms with Gasteiger partial charge in [0.05, 0.1) is 16.3 Å². The number of likely N-dealkylation sites (tertiary alicyclic amines) is 1. The van der Waals surface area contributed by atoms with Crippen molar-refractivity contribution >= 4 is 40.7 Å². The second kappa shape index (κ2) is 7.20. The van der Waals surface area contributed by atoms with Gasteiger partial charge in [-0.1, -0.05) is 23.2 Å². The van der Waals surface area contributed by atoms with Crippen LogP contribution in [0, 0.1) is 0 Å². The van der Waals surface area contributed by atoms with E-state index >= 15 is 0 Å². The highest BCUT2D eigenvalue weighted by atomic mass is 35.5. The van der Waals surface area contributed by atoms with Crippen molar-refractivity contribution in [3.8, 4) is 0 Å². The van der Waals surface area contributed by atoms with E-state index in [1.54, 1.807) is 41.4 Å². The van der Waals surface area contributed by atoms with Gasteiger partial charge >= 0.3 is 0 Å². The Balaban J connectivity index is 1.75. The van der Waals surface area contributed by atoms with E-state index < -0.39 is 6.04 Å². The fourth-order valence-electron chi connectivity index (χ4n) is 2.74. The Morgan fingerprint density at radius 3 is 2.79 bits per heavy atom. The molecule has 0 saturated carbocycles. The van der Waals surface area contributed by atoms with Crippen LogP contribution in [0.4, 0.5) is 5.69 Å². The number of hydrogen-bond donors (Lipinski definition) is 1. The highest BCUT2D eigenvalue weighted by molar-refractivity contribution is 6.36. The lowest BCUT2D eigenvalue weighted by atomic mass is 10.1. The third-order valence-electron chi connectivity index (χ3n) is 3.91. The maximum Gasteiger partial charge on any atom is 0.256 e. The zero-order valence-electron chi connectivity index (χ0n) is 12.7. The quantitative estimate of drug-likeness (QED) is 0.905. The SMILES string of the molecule is O=C(Nc1ccc(Cl)cc1Cl)[C@@H]1CCCN1C(=O)c1cccnc1. The summed E-state index contributed by atoms with van der Waals surface area (Å²) in [5.41, 5.74) is 0.952. The lowest BCUT2D eigenvalue weighted by Gasteiger charge is -2.24. The van der Waals surface area contributed by atoms with Crippen LogP contribution in [-0.4, -0.2) is 34.3 Å². The topological polar surface area (TPSA) is 62.3 Å². The first-order valence-electron chi connectivity index (χ1n) is 7.53. The molecule has 24 heavy (non-hydrogen) atoms. The number of rotatable bonds is 3. The standard InChI is InChI=1S/C17H15Cl2N3O2/c18-12-5-6-14(13(19)9-12)21-16(23)15-4-2-8-22(15)17(24)11-3-1-7-20-10-11/h1,3,5-7,9-10,15H,2,4,8H2,(H,21,23)/t15-/m0/s1. The molecule has 2 amide bonds. The molecule has 0 aliphatic carbocycles. The van der Waals surface area contributed by atoms with Gasteiger partial charge in [0, 0.05) is 24.0 Å². The first-order valence-corrected chi connectivity index (χ1v) is 8.29. The van der Waals surface area contributed by atoms with Crippen LogP contribution in [0.1, 0.15) is 23.2 Å². The van der Waals surface area contributed by atoms with Gasteiger partial charge in [0.25, 0.3) is 5.91 Å². The van der Waals surface area contributed by atoms with Gasteiger partial charge in [-0.25, -0.2) is 0 Å². The predicted molar refractivity (Wildman–Crippen MR) is 93.4 cm³/mol. The van der Waals surface area contributed by atoms with E-state index in [1.807, 2.05) is 0 Å². The monoisotopic (exact) mass is 363 g/mol. The summed E-state index contributed by atoms with van der Waals surface area (Å²) in [4.78, 5) is 30.7. The number of aromatic nitrogens is 1. The Hall–Kier alpha value is -2.11. The molecule has 124 valence electrons. The molecular formula is C17H15Cl2N3O2. The molecule has 1 fully saturated rings. The number of anilines is 1. The van der Waals surface area contributed by atoms with E-state index in [4.69, 9.17) is 23.2 Å². The van der Waals surface area contributed by atoms with Gasteiger partial charge < -0.3 is 10.2 Å². The molecule has 0 unspecified atom stereocenters. The van der Waals surface area contributed by atoms with E-state index in [2.05, 4.69) is 10.3 Å². The van der Waals surface area contributed by atoms with Crippen molar-refractivity contribution < 1.29 is 9.59 Å². The highest BCUT2D eigenvalue weighted by Gasteiger charge is 2.34. The molecule has 1 N–H and O–H groups in total. The van der Waals surface area contributed by atoms with Gasteiger partial charge in [-0.2, -0.15) is 0 Å². The van der Waals surface area contributed by atoms with Crippen molar-refractivity contribution in [2.24, 2.45) is 0 Å². The Morgan fingerprint density at radius 2 is 2.08 bits per heavy atom. The lowest BCUT2D eigenvalue weighted by Crippen LogP contribution is -2.43. The summed E-state index contributed by atoms with van der Waals surface area (Å²) in [6.45, 7) is 0.542. The molecule has 5 nitrogen and oxygen atoms in total. The summed E-state index contributed by atoms with van der Waals surface area (Å²) < 4.78 is 0. The number of carbonyl (C=O) groups excluding carboxylic acids is 2. The second-order valence-corrected chi connectivity index (χ2v) is 6.36. The van der Waals surface area contributed by atoms with Gasteiger partial charge in [-0.05, 0) is 43.2 Å². The molecule has 2 heterocycles. The number of pyridine rings is 1. The summed E-state index contributed by atoms with van der Waals surface area (Å²) in [6.07, 6.45) is 4.50. The molecule has 1 aromatic carbocycles. The van der Waals surface area contributed by atoms with E-state index in [9.17, 15) is 9.59 Å². The Morgan fingerprint density at radius 1 is 1.25 bits per heavy atom. The van der Waals surface area contributed by atoms with E-state index in [1.165, 1.54) is 6.20 Å². The van der Waals surface area contributed by atoms with Gasteiger partial charge in [0.2, 0.25) is 5.91 Å². The predicted octanol–water partition coefficient (Wildman–Crippen LogP) is 3.63. The molecule has 1 atom stereocenters. The average molecular weight is 364 g/mol. The van der Waals surface area contributed by atoms with Crippen molar-refractivity contribution in [2.75, 3.05) is 11.9 Å². The smallest absolute Gasteiger partial charge is 0.256 e. The average Bonchev–Trinajstić information content (AvgIpc) is 3.07. The van der Waals surface area contributed by atoms with Crippen LogP contribution in [0.3, 0.4) is 0 Å². The van der Waals surface area contributed by atoms with Crippen LogP contribution in [-0.2, 0) is 4.79 Å². The fourth-order valence-corrected chi connectivity index (χ4v) is 3.20. The Bertz CT molecular complexity index is 768. The van der Waals surface area contributed by atoms with E-state index in [0.717, 1.165) is 6.42 Å². The van der Waals surface area contributed by atoms with Crippen LogP contribution < -0.4 is 5.32 Å². The number of halogens is 2. The molecule has 1 aliphatic rings. The lowest BCUT2D eigenvalue weighted by molar-refractivity contribution is -0.119. The number of benzene rings is 1. The zero-order chi connectivity index (χ0) is 17.1. The molecule has 1 aliphatic heterocycles. The number of carbonyl (C=O) groups is 2. The van der Waals surface area contributed by atoms with Crippen LogP contribution in [0.15, 0.2) is 42.7 Å². The summed E-state index contributed by atoms with van der Waals surface area (Å²) in [6, 6.07) is 7.72. The third kappa shape index (κ3) is 3.52. The molecular weight excluding hydrogens is 349 g/mol. The van der Waals surface area contributed by atoms with Crippen LogP contribution in [0.25, 0.3) is 0 Å². The van der Waals surface area contributed by atoms with Crippen LogP contribution in [0.2, 0.25) is 10.0 Å². The Labute approximate surface area is 149 Å². The minimum absolute atomic E-state index is 0.192. The van der Waals surface area contributed by atoms with Crippen molar-refractivity contribution in [2.45, 2.75) is 18.9 Å². The molecule has 2 aromatic rings. The molecule has 7 heteroatoms. The Kier molecular flexibility index (Phi) is 5.02. The van der Waals surface area contributed by atoms with Crippen molar-refractivity contribution in [1.29, 1.82) is 0 Å². The summed E-state index contributed by atoms with van der Waals surface area (Å²) in [7, 11) is 0. The molecule has 3 rings (SSSR count). The second-order valence-electron chi connectivity index (χ2n) is 5.51. The van der Waals surface area contributed by atoms with Gasteiger partial charge in [0.1, 0.15) is 6.04 Å². The number of hydrogen-bond acceptors (Lipinski definition) is 3. The maximum atomic E-state index is 12.6. The fraction of sp³-hybridized carbons (Fsp3) is 0.235. The van der Waals surface area contributed by atoms with Gasteiger partial charge in [-0.15, -0.1) is 0 Å². The number of nitrogens with one attached hydrogen (secondary N) is 1. The normalized spacial score (nSPS) is 16.9. The minimum Gasteiger partial charge on any atom is -0.327 e. The van der Waals surface area contributed by atoms with Crippen LogP contribution >= 0.6 is 23.2 Å². The third-order valence-corrected chi connectivity index (χ3v) is 4.46. The molecule has 0 radical (unpaired) electrons. The van der Waals surface area contributed by atoms with Crippen molar-refractivity contribution in [3.63, 3.8) is 0 Å². The molecule has 1 aromatic heterocycles. The minimum atomic E-state index is -0.524. The largest absolute Gasteiger partial charge is 0.327 e. The van der Waals surface area contributed by atoms with Crippen molar-refractivity contribution in [1.82, 2.24) is 9.88 Å². The van der Waals surface area contributed by atoms with E-state index in [0.29, 0.717) is 34.3 Å². The molecule has 0 spiro atoms. The first kappa shape index (κ1) is 16.7. The summed E-state index contributed by atoms with van der Waals surface area (Å²) in [5, 5.41) is 3.63. The number of amides is 2. The van der Waals surface area contributed by atoms with Gasteiger partial charge in [0.15, 0.2) is 0 Å². The maximum absolute atomic E-state index is 12.6. The zero-order valence-corrected chi connectivity index (χ0v) is 14.2. The first-order chi connectivity index (χ1) is 11.6. The summed E-state index contributed by atoms with van der Waals surface area (Å²) in [5.74, 6) is -0.447.